The van der Waals surface area contributed by atoms with Crippen LogP contribution in [0.4, 0.5) is 13.2 Å². The largest absolute Gasteiger partial charge is 0.417 e. The Hall–Kier alpha value is -1.79. The van der Waals surface area contributed by atoms with E-state index in [0.717, 1.165) is 6.07 Å². The number of alkyl halides is 3. The van der Waals surface area contributed by atoms with E-state index < -0.39 is 11.7 Å². The topological polar surface area (TPSA) is 30.7 Å². The maximum absolute atomic E-state index is 13.4. The van der Waals surface area contributed by atoms with Gasteiger partial charge in [-0.2, -0.15) is 18.3 Å². The molecule has 0 aliphatic carbocycles. The highest BCUT2D eigenvalue weighted by Crippen LogP contribution is 2.38. The van der Waals surface area contributed by atoms with Crippen LogP contribution >= 0.6 is 23.2 Å². The van der Waals surface area contributed by atoms with E-state index in [2.05, 4.69) is 10.1 Å². The predicted octanol–water partition coefficient (Wildman–Crippen LogP) is 5.27. The molecule has 0 spiro atoms. The smallest absolute Gasteiger partial charge is 0.250 e. The van der Waals surface area contributed by atoms with E-state index in [-0.39, 0.29) is 27.4 Å². The number of aromatic nitrogens is 3. The summed E-state index contributed by atoms with van der Waals surface area (Å²) in [5.74, 6) is 0. The molecule has 3 rings (SSSR count). The van der Waals surface area contributed by atoms with E-state index in [4.69, 9.17) is 23.2 Å². The van der Waals surface area contributed by atoms with E-state index in [1.807, 2.05) is 0 Å². The van der Waals surface area contributed by atoms with Crippen LogP contribution in [0.5, 0.6) is 0 Å². The summed E-state index contributed by atoms with van der Waals surface area (Å²) in [6, 6.07) is 5.59. The van der Waals surface area contributed by atoms with Gasteiger partial charge in [0.15, 0.2) is 5.65 Å². The number of hydrogen-bond acceptors (Lipinski definition) is 2. The third-order valence-electron chi connectivity index (χ3n) is 3.49. The average Bonchev–Trinajstić information content (AvgIpc) is 2.75. The molecular formula is C15H10Cl2F3N3. The van der Waals surface area contributed by atoms with Crippen LogP contribution in [0.3, 0.4) is 0 Å². The lowest BCUT2D eigenvalue weighted by Crippen LogP contribution is -2.07. The van der Waals surface area contributed by atoms with E-state index in [0.29, 0.717) is 10.6 Å². The fourth-order valence-corrected chi connectivity index (χ4v) is 2.77. The quantitative estimate of drug-likeness (QED) is 0.592. The highest BCUT2D eigenvalue weighted by molar-refractivity contribution is 6.42. The van der Waals surface area contributed by atoms with Crippen LogP contribution in [-0.4, -0.2) is 14.8 Å². The Morgan fingerprint density at radius 2 is 1.78 bits per heavy atom. The molecule has 0 aliphatic rings. The van der Waals surface area contributed by atoms with Gasteiger partial charge in [0.1, 0.15) is 0 Å². The Bertz CT molecular complexity index is 916. The van der Waals surface area contributed by atoms with Crippen molar-refractivity contribution in [3.05, 3.63) is 45.6 Å². The monoisotopic (exact) mass is 359 g/mol. The molecule has 120 valence electrons. The molecule has 0 aliphatic heterocycles. The van der Waals surface area contributed by atoms with Gasteiger partial charge in [-0.1, -0.05) is 29.3 Å². The molecule has 8 heteroatoms. The lowest BCUT2D eigenvalue weighted by atomic mass is 10.1. The highest BCUT2D eigenvalue weighted by atomic mass is 35.5. The van der Waals surface area contributed by atoms with E-state index in [1.165, 1.54) is 23.7 Å². The van der Waals surface area contributed by atoms with Gasteiger partial charge in [0.25, 0.3) is 0 Å². The normalized spacial score (nSPS) is 12.1. The zero-order valence-corrected chi connectivity index (χ0v) is 13.6. The molecule has 0 saturated carbocycles. The van der Waals surface area contributed by atoms with Crippen LogP contribution < -0.4 is 0 Å². The zero-order chi connectivity index (χ0) is 16.9. The molecule has 0 radical (unpaired) electrons. The number of nitrogens with zero attached hydrogens (tertiary/aromatic N) is 3. The summed E-state index contributed by atoms with van der Waals surface area (Å²) in [6.07, 6.45) is -4.51. The molecule has 0 unspecified atom stereocenters. The third kappa shape index (κ3) is 2.77. The van der Waals surface area contributed by atoms with Gasteiger partial charge in [0, 0.05) is 12.6 Å². The lowest BCUT2D eigenvalue weighted by Gasteiger charge is -2.11. The molecule has 2 aromatic heterocycles. The van der Waals surface area contributed by atoms with Crippen molar-refractivity contribution in [2.75, 3.05) is 0 Å². The van der Waals surface area contributed by atoms with Crippen molar-refractivity contribution in [1.29, 1.82) is 0 Å². The minimum atomic E-state index is -4.51. The number of hydrogen-bond donors (Lipinski definition) is 0. The zero-order valence-electron chi connectivity index (χ0n) is 12.0. The lowest BCUT2D eigenvalue weighted by molar-refractivity contribution is -0.136. The van der Waals surface area contributed by atoms with Gasteiger partial charge in [-0.3, -0.25) is 4.68 Å². The van der Waals surface area contributed by atoms with Crippen LogP contribution in [0.25, 0.3) is 22.3 Å². The van der Waals surface area contributed by atoms with Gasteiger partial charge >= 0.3 is 6.18 Å². The minimum Gasteiger partial charge on any atom is -0.250 e. The van der Waals surface area contributed by atoms with Crippen molar-refractivity contribution in [3.63, 3.8) is 0 Å². The van der Waals surface area contributed by atoms with Crippen molar-refractivity contribution >= 4 is 34.2 Å². The Kier molecular flexibility index (Phi) is 3.77. The molecule has 1 aromatic carbocycles. The summed E-state index contributed by atoms with van der Waals surface area (Å²) in [5, 5.41) is 4.62. The molecule has 3 aromatic rings. The molecule has 0 fully saturated rings. The molecule has 0 bridgehead atoms. The molecule has 23 heavy (non-hydrogen) atoms. The first-order chi connectivity index (χ1) is 10.7. The summed E-state index contributed by atoms with van der Waals surface area (Å²) < 4.78 is 41.6. The van der Waals surface area contributed by atoms with E-state index in [9.17, 15) is 13.2 Å². The third-order valence-corrected chi connectivity index (χ3v) is 4.23. The standard InChI is InChI=1S/C15H10Cl2F3N3/c1-7-13-9(15(18,19)20)6-12(21-14(13)23(2)22-7)8-3-4-10(16)11(17)5-8/h3-6H,1-2H3. The average molecular weight is 360 g/mol. The Morgan fingerprint density at radius 1 is 1.09 bits per heavy atom. The first-order valence-electron chi connectivity index (χ1n) is 6.55. The van der Waals surface area contributed by atoms with Gasteiger partial charge in [0.2, 0.25) is 0 Å². The van der Waals surface area contributed by atoms with Gasteiger partial charge < -0.3 is 0 Å². The van der Waals surface area contributed by atoms with Crippen LogP contribution in [0, 0.1) is 6.92 Å². The molecule has 0 N–H and O–H groups in total. The fraction of sp³-hybridized carbons (Fsp3) is 0.200. The molecule has 0 amide bonds. The first kappa shape index (κ1) is 16.1. The second-order valence-corrected chi connectivity index (χ2v) is 5.90. The fourth-order valence-electron chi connectivity index (χ4n) is 2.47. The van der Waals surface area contributed by atoms with Gasteiger partial charge in [0.05, 0.1) is 32.4 Å². The summed E-state index contributed by atoms with van der Waals surface area (Å²) in [5.41, 5.74) is 0.285. The number of benzene rings is 1. The molecule has 0 atom stereocenters. The number of pyridine rings is 1. The Morgan fingerprint density at radius 3 is 2.39 bits per heavy atom. The highest BCUT2D eigenvalue weighted by Gasteiger charge is 2.35. The van der Waals surface area contributed by atoms with Gasteiger partial charge in [-0.15, -0.1) is 0 Å². The Labute approximate surface area is 139 Å². The van der Waals surface area contributed by atoms with Crippen molar-refractivity contribution in [3.8, 4) is 11.3 Å². The SMILES string of the molecule is Cc1nn(C)c2nc(-c3ccc(Cl)c(Cl)c3)cc(C(F)(F)F)c12. The molecule has 2 heterocycles. The minimum absolute atomic E-state index is 0.00353. The number of halogens is 5. The van der Waals surface area contributed by atoms with Crippen LogP contribution in [0.1, 0.15) is 11.3 Å². The second kappa shape index (κ2) is 5.39. The van der Waals surface area contributed by atoms with E-state index >= 15 is 0 Å². The first-order valence-corrected chi connectivity index (χ1v) is 7.31. The summed E-state index contributed by atoms with van der Waals surface area (Å²) >= 11 is 11.8. The maximum Gasteiger partial charge on any atom is 0.417 e. The number of fused-ring (bicyclic) bond motifs is 1. The second-order valence-electron chi connectivity index (χ2n) is 5.09. The summed E-state index contributed by atoms with van der Waals surface area (Å²) in [7, 11) is 1.56. The van der Waals surface area contributed by atoms with Crippen molar-refractivity contribution in [1.82, 2.24) is 14.8 Å². The van der Waals surface area contributed by atoms with Crippen molar-refractivity contribution < 1.29 is 13.2 Å². The van der Waals surface area contributed by atoms with E-state index in [1.54, 1.807) is 13.1 Å². The Balaban J connectivity index is 2.35. The summed E-state index contributed by atoms with van der Waals surface area (Å²) in [4.78, 5) is 4.31. The number of aryl methyl sites for hydroxylation is 2. The molecular weight excluding hydrogens is 350 g/mol. The van der Waals surface area contributed by atoms with Crippen molar-refractivity contribution in [2.24, 2.45) is 7.05 Å². The van der Waals surface area contributed by atoms with Crippen LogP contribution in [-0.2, 0) is 13.2 Å². The molecule has 3 nitrogen and oxygen atoms in total. The van der Waals surface area contributed by atoms with Gasteiger partial charge in [-0.25, -0.2) is 4.98 Å². The predicted molar refractivity (Wildman–Crippen MR) is 83.7 cm³/mol. The van der Waals surface area contributed by atoms with Gasteiger partial charge in [-0.05, 0) is 25.1 Å². The van der Waals surface area contributed by atoms with Crippen molar-refractivity contribution in [2.45, 2.75) is 13.1 Å². The maximum atomic E-state index is 13.4. The molecule has 0 saturated heterocycles. The number of rotatable bonds is 1. The van der Waals surface area contributed by atoms with Crippen LogP contribution in [0.2, 0.25) is 10.0 Å². The van der Waals surface area contributed by atoms with Crippen LogP contribution in [0.15, 0.2) is 24.3 Å². The summed E-state index contributed by atoms with van der Waals surface area (Å²) in [6.45, 7) is 1.53.